The molecule has 0 radical (unpaired) electrons. The second kappa shape index (κ2) is 10.7. The number of amides is 2. The van der Waals surface area contributed by atoms with Crippen molar-refractivity contribution >= 4 is 18.0 Å². The predicted molar refractivity (Wildman–Crippen MR) is 125 cm³/mol. The van der Waals surface area contributed by atoms with Gasteiger partial charge in [0.1, 0.15) is 6.61 Å². The molecule has 4 rings (SSSR count). The Morgan fingerprint density at radius 3 is 2.29 bits per heavy atom. The molecule has 1 fully saturated rings. The van der Waals surface area contributed by atoms with Crippen molar-refractivity contribution in [2.45, 2.75) is 50.2 Å². The molecule has 0 saturated heterocycles. The average molecular weight is 467 g/mol. The van der Waals surface area contributed by atoms with Crippen molar-refractivity contribution in [1.82, 2.24) is 10.6 Å². The third-order valence-corrected chi connectivity index (χ3v) is 6.71. The van der Waals surface area contributed by atoms with Gasteiger partial charge in [0.25, 0.3) is 0 Å². The molecule has 2 aliphatic carbocycles. The summed E-state index contributed by atoms with van der Waals surface area (Å²) < 4.78 is 5.61. The Balaban J connectivity index is 1.21. The monoisotopic (exact) mass is 466 g/mol. The van der Waals surface area contributed by atoms with Gasteiger partial charge in [-0.25, -0.2) is 9.59 Å². The molecule has 0 aromatic heterocycles. The van der Waals surface area contributed by atoms with Crippen molar-refractivity contribution < 1.29 is 29.3 Å². The zero-order valence-corrected chi connectivity index (χ0v) is 18.9. The summed E-state index contributed by atoms with van der Waals surface area (Å²) in [7, 11) is 0. The number of carboxylic acids is 1. The van der Waals surface area contributed by atoms with Gasteiger partial charge < -0.3 is 25.6 Å². The van der Waals surface area contributed by atoms with Crippen LogP contribution in [0.4, 0.5) is 4.79 Å². The summed E-state index contributed by atoms with van der Waals surface area (Å²) in [5.41, 5.74) is 4.70. The van der Waals surface area contributed by atoms with Crippen LogP contribution in [-0.4, -0.2) is 53.5 Å². The lowest BCUT2D eigenvalue weighted by Gasteiger charge is -2.17. The lowest BCUT2D eigenvalue weighted by Crippen LogP contribution is -2.34. The molecule has 0 heterocycles. The highest BCUT2D eigenvalue weighted by Gasteiger charge is 2.31. The maximum atomic E-state index is 12.5. The number of aliphatic carboxylic acids is 1. The quantitative estimate of drug-likeness (QED) is 0.450. The molecule has 0 bridgehead atoms. The predicted octanol–water partition coefficient (Wildman–Crippen LogP) is 3.04. The Morgan fingerprint density at radius 2 is 1.65 bits per heavy atom. The standard InChI is InChI=1S/C26H30N2O6/c29-23(25(31)32)11-12-27-24(30)14-16-9-10-17(13-16)28-26(33)34-15-22-20-7-3-1-5-18(20)19-6-2-4-8-21(19)22/h1-8,16-17,22-23,29H,9-15H2,(H,27,30)(H,28,33)(H,31,32)/t16-,17+,23?/m0/s1. The van der Waals surface area contributed by atoms with Gasteiger partial charge in [-0.15, -0.1) is 0 Å². The van der Waals surface area contributed by atoms with Gasteiger partial charge in [0.15, 0.2) is 6.10 Å². The first-order chi connectivity index (χ1) is 16.4. The number of alkyl carbamates (subject to hydrolysis) is 1. The fourth-order valence-corrected chi connectivity index (χ4v) is 5.00. The number of aliphatic hydroxyl groups is 1. The summed E-state index contributed by atoms with van der Waals surface area (Å²) in [5.74, 6) is -1.32. The van der Waals surface area contributed by atoms with E-state index in [-0.39, 0.29) is 43.4 Å². The SMILES string of the molecule is O=C(C[C@H]1CC[C@@H](NC(=O)OCC2c3ccccc3-c3ccccc32)C1)NCCC(O)C(=O)O. The molecule has 8 heteroatoms. The van der Waals surface area contributed by atoms with Crippen LogP contribution < -0.4 is 10.6 Å². The van der Waals surface area contributed by atoms with Gasteiger partial charge in [-0.3, -0.25) is 4.79 Å². The number of hydrogen-bond donors (Lipinski definition) is 4. The van der Waals surface area contributed by atoms with E-state index in [4.69, 9.17) is 9.84 Å². The molecule has 8 nitrogen and oxygen atoms in total. The molecule has 2 aromatic carbocycles. The lowest BCUT2D eigenvalue weighted by atomic mass is 9.98. The minimum Gasteiger partial charge on any atom is -0.479 e. The van der Waals surface area contributed by atoms with Crippen molar-refractivity contribution in [1.29, 1.82) is 0 Å². The van der Waals surface area contributed by atoms with E-state index in [9.17, 15) is 19.5 Å². The van der Waals surface area contributed by atoms with E-state index in [0.29, 0.717) is 12.8 Å². The minimum atomic E-state index is -1.47. The van der Waals surface area contributed by atoms with E-state index in [1.165, 1.54) is 22.3 Å². The maximum absolute atomic E-state index is 12.5. The Hall–Kier alpha value is -3.39. The van der Waals surface area contributed by atoms with Crippen LogP contribution in [0.5, 0.6) is 0 Å². The number of carbonyl (C=O) groups excluding carboxylic acids is 2. The molecule has 4 N–H and O–H groups in total. The van der Waals surface area contributed by atoms with Crippen molar-refractivity contribution in [2.75, 3.05) is 13.2 Å². The molecule has 0 spiro atoms. The number of hydrogen-bond acceptors (Lipinski definition) is 5. The smallest absolute Gasteiger partial charge is 0.407 e. The van der Waals surface area contributed by atoms with Gasteiger partial charge in [-0.2, -0.15) is 0 Å². The van der Waals surface area contributed by atoms with Crippen LogP contribution in [0.25, 0.3) is 11.1 Å². The normalized spacial score (nSPS) is 19.7. The third-order valence-electron chi connectivity index (χ3n) is 6.71. The number of fused-ring (bicyclic) bond motifs is 3. The molecule has 34 heavy (non-hydrogen) atoms. The fourth-order valence-electron chi connectivity index (χ4n) is 5.00. The molecule has 3 atom stereocenters. The second-order valence-corrected chi connectivity index (χ2v) is 9.04. The maximum Gasteiger partial charge on any atom is 0.407 e. The van der Waals surface area contributed by atoms with Crippen LogP contribution in [0.1, 0.15) is 49.1 Å². The highest BCUT2D eigenvalue weighted by molar-refractivity contribution is 5.79. The van der Waals surface area contributed by atoms with Gasteiger partial charge >= 0.3 is 12.1 Å². The number of nitrogens with one attached hydrogen (secondary N) is 2. The molecular formula is C26H30N2O6. The third kappa shape index (κ3) is 5.56. The van der Waals surface area contributed by atoms with Crippen LogP contribution in [0.15, 0.2) is 48.5 Å². The van der Waals surface area contributed by atoms with Crippen LogP contribution >= 0.6 is 0 Å². The van der Waals surface area contributed by atoms with E-state index in [1.54, 1.807) is 0 Å². The summed E-state index contributed by atoms with van der Waals surface area (Å²) in [5, 5.41) is 23.5. The van der Waals surface area contributed by atoms with Crippen molar-refractivity contribution in [3.63, 3.8) is 0 Å². The van der Waals surface area contributed by atoms with Gasteiger partial charge in [-0.1, -0.05) is 48.5 Å². The van der Waals surface area contributed by atoms with Crippen molar-refractivity contribution in [3.05, 3.63) is 59.7 Å². The minimum absolute atomic E-state index is 0.0119. The Morgan fingerprint density at radius 1 is 1.00 bits per heavy atom. The molecule has 1 unspecified atom stereocenters. The van der Waals surface area contributed by atoms with Gasteiger partial charge in [0.05, 0.1) is 0 Å². The second-order valence-electron chi connectivity index (χ2n) is 9.04. The number of benzene rings is 2. The van der Waals surface area contributed by atoms with Gasteiger partial charge in [0.2, 0.25) is 5.91 Å². The molecule has 2 aliphatic rings. The van der Waals surface area contributed by atoms with Crippen LogP contribution in [0.2, 0.25) is 0 Å². The first kappa shape index (κ1) is 23.8. The number of ether oxygens (including phenoxy) is 1. The first-order valence-corrected chi connectivity index (χ1v) is 11.7. The van der Waals surface area contributed by atoms with Crippen molar-refractivity contribution in [2.24, 2.45) is 5.92 Å². The number of carboxylic acid groups (broad SMARTS) is 1. The average Bonchev–Trinajstić information content (AvgIpc) is 3.39. The number of aliphatic hydroxyl groups excluding tert-OH is 1. The Kier molecular flexibility index (Phi) is 7.47. The van der Waals surface area contributed by atoms with Crippen molar-refractivity contribution in [3.8, 4) is 11.1 Å². The lowest BCUT2D eigenvalue weighted by molar-refractivity contribution is -0.147. The molecule has 1 saturated carbocycles. The highest BCUT2D eigenvalue weighted by atomic mass is 16.5. The number of carbonyl (C=O) groups is 3. The van der Waals surface area contributed by atoms with Gasteiger partial charge in [-0.05, 0) is 47.4 Å². The summed E-state index contributed by atoms with van der Waals surface area (Å²) in [4.78, 5) is 35.2. The fraction of sp³-hybridized carbons (Fsp3) is 0.423. The van der Waals surface area contributed by atoms with Crippen LogP contribution in [-0.2, 0) is 14.3 Å². The first-order valence-electron chi connectivity index (χ1n) is 11.7. The van der Waals surface area contributed by atoms with E-state index < -0.39 is 18.2 Å². The molecule has 0 aliphatic heterocycles. The topological polar surface area (TPSA) is 125 Å². The highest BCUT2D eigenvalue weighted by Crippen LogP contribution is 2.44. The van der Waals surface area contributed by atoms with Crippen LogP contribution in [0.3, 0.4) is 0 Å². The zero-order valence-electron chi connectivity index (χ0n) is 18.9. The summed E-state index contributed by atoms with van der Waals surface area (Å²) >= 11 is 0. The summed E-state index contributed by atoms with van der Waals surface area (Å²) in [6.45, 7) is 0.376. The molecule has 2 aromatic rings. The Labute approximate surface area is 198 Å². The molecule has 180 valence electrons. The zero-order chi connectivity index (χ0) is 24.1. The Bertz CT molecular complexity index is 1010. The van der Waals surface area contributed by atoms with E-state index in [0.717, 1.165) is 12.8 Å². The van der Waals surface area contributed by atoms with E-state index >= 15 is 0 Å². The van der Waals surface area contributed by atoms with Crippen LogP contribution in [0, 0.1) is 5.92 Å². The van der Waals surface area contributed by atoms with E-state index in [1.807, 2.05) is 24.3 Å². The largest absolute Gasteiger partial charge is 0.479 e. The summed E-state index contributed by atoms with van der Waals surface area (Å²) in [6, 6.07) is 16.3. The van der Waals surface area contributed by atoms with Gasteiger partial charge in [0, 0.05) is 31.3 Å². The number of rotatable bonds is 9. The molecular weight excluding hydrogens is 436 g/mol. The molecule has 2 amide bonds. The van der Waals surface area contributed by atoms with E-state index in [2.05, 4.69) is 34.9 Å². The summed E-state index contributed by atoms with van der Waals surface area (Å²) in [6.07, 6.45) is 0.649.